The molecular formula is C18H33NO5. The molecular weight excluding hydrogens is 310 g/mol. The lowest BCUT2D eigenvalue weighted by Gasteiger charge is -2.26. The highest BCUT2D eigenvalue weighted by molar-refractivity contribution is 5.83. The molecule has 0 aromatic carbocycles. The van der Waals surface area contributed by atoms with Gasteiger partial charge in [-0.25, -0.2) is 4.79 Å². The highest BCUT2D eigenvalue weighted by Gasteiger charge is 2.25. The lowest BCUT2D eigenvalue weighted by molar-refractivity contribution is -0.150. The number of hydrogen-bond donors (Lipinski definition) is 2. The molecule has 140 valence electrons. The summed E-state index contributed by atoms with van der Waals surface area (Å²) in [4.78, 5) is 35.1. The zero-order valence-electron chi connectivity index (χ0n) is 15.1. The van der Waals surface area contributed by atoms with Gasteiger partial charge in [-0.3, -0.25) is 9.59 Å². The van der Waals surface area contributed by atoms with E-state index in [2.05, 4.69) is 6.92 Å². The van der Waals surface area contributed by atoms with Crippen molar-refractivity contribution in [2.75, 3.05) is 6.54 Å². The third-order valence-corrected chi connectivity index (χ3v) is 4.21. The highest BCUT2D eigenvalue weighted by atomic mass is 16.4. The molecule has 0 bridgehead atoms. The van der Waals surface area contributed by atoms with Crippen LogP contribution in [0.5, 0.6) is 0 Å². The molecule has 2 N–H and O–H groups in total. The van der Waals surface area contributed by atoms with Gasteiger partial charge in [0.25, 0.3) is 0 Å². The van der Waals surface area contributed by atoms with Crippen molar-refractivity contribution in [2.45, 2.75) is 90.5 Å². The zero-order chi connectivity index (χ0) is 18.4. The molecule has 0 fully saturated rings. The van der Waals surface area contributed by atoms with E-state index in [-0.39, 0.29) is 25.3 Å². The smallest absolute Gasteiger partial charge is 0.326 e. The molecule has 0 saturated carbocycles. The van der Waals surface area contributed by atoms with Gasteiger partial charge in [-0.05, 0) is 13.3 Å². The second kappa shape index (κ2) is 13.8. The second-order valence-electron chi connectivity index (χ2n) is 6.32. The van der Waals surface area contributed by atoms with E-state index in [0.717, 1.165) is 19.3 Å². The van der Waals surface area contributed by atoms with Crippen LogP contribution in [0, 0.1) is 0 Å². The van der Waals surface area contributed by atoms with Crippen LogP contribution in [0.1, 0.15) is 84.5 Å². The van der Waals surface area contributed by atoms with Crippen molar-refractivity contribution >= 4 is 17.8 Å². The molecule has 0 unspecified atom stereocenters. The number of amides is 1. The predicted octanol–water partition coefficient (Wildman–Crippen LogP) is 3.68. The maximum Gasteiger partial charge on any atom is 0.326 e. The van der Waals surface area contributed by atoms with E-state index >= 15 is 0 Å². The fourth-order valence-electron chi connectivity index (χ4n) is 2.61. The number of aliphatic carboxylic acids is 2. The number of carbonyl (C=O) groups is 3. The summed E-state index contributed by atoms with van der Waals surface area (Å²) in [5, 5.41) is 17.8. The average molecular weight is 343 g/mol. The standard InChI is InChI=1S/C18H33NO5/c1-3-4-5-6-7-8-9-10-11-12-16(20)19(14-13-17(21)22)15(2)18(23)24/h15H,3-14H2,1-2H3,(H,21,22)(H,23,24)/t15-/m0/s1. The molecule has 0 heterocycles. The van der Waals surface area contributed by atoms with Gasteiger partial charge < -0.3 is 15.1 Å². The fraction of sp³-hybridized carbons (Fsp3) is 0.833. The lowest BCUT2D eigenvalue weighted by atomic mass is 10.1. The van der Waals surface area contributed by atoms with Crippen LogP contribution in [-0.2, 0) is 14.4 Å². The maximum absolute atomic E-state index is 12.2. The van der Waals surface area contributed by atoms with Crippen LogP contribution in [0.3, 0.4) is 0 Å². The Hall–Kier alpha value is -1.59. The molecule has 0 rings (SSSR count). The fourth-order valence-corrected chi connectivity index (χ4v) is 2.61. The van der Waals surface area contributed by atoms with E-state index in [0.29, 0.717) is 0 Å². The molecule has 0 aliphatic rings. The Kier molecular flexibility index (Phi) is 12.9. The molecule has 0 radical (unpaired) electrons. The summed E-state index contributed by atoms with van der Waals surface area (Å²) in [6, 6.07) is -0.990. The maximum atomic E-state index is 12.2. The van der Waals surface area contributed by atoms with Crippen LogP contribution in [0.4, 0.5) is 0 Å². The molecule has 1 amide bonds. The van der Waals surface area contributed by atoms with Crippen molar-refractivity contribution < 1.29 is 24.6 Å². The van der Waals surface area contributed by atoms with E-state index in [9.17, 15) is 14.4 Å². The number of carboxylic acids is 2. The van der Waals surface area contributed by atoms with E-state index in [1.165, 1.54) is 50.3 Å². The van der Waals surface area contributed by atoms with Gasteiger partial charge in [0, 0.05) is 13.0 Å². The molecule has 6 heteroatoms. The largest absolute Gasteiger partial charge is 0.481 e. The first-order valence-electron chi connectivity index (χ1n) is 9.14. The number of rotatable bonds is 15. The number of carbonyl (C=O) groups excluding carboxylic acids is 1. The van der Waals surface area contributed by atoms with Crippen molar-refractivity contribution in [3.63, 3.8) is 0 Å². The van der Waals surface area contributed by atoms with Crippen LogP contribution in [0.2, 0.25) is 0 Å². The van der Waals surface area contributed by atoms with Crippen molar-refractivity contribution in [3.8, 4) is 0 Å². The Bertz CT molecular complexity index is 384. The first kappa shape index (κ1) is 22.4. The number of hydrogen-bond acceptors (Lipinski definition) is 3. The van der Waals surface area contributed by atoms with E-state index in [4.69, 9.17) is 10.2 Å². The summed E-state index contributed by atoms with van der Waals surface area (Å²) in [6.07, 6.45) is 10.3. The molecule has 0 aliphatic heterocycles. The lowest BCUT2D eigenvalue weighted by Crippen LogP contribution is -2.44. The van der Waals surface area contributed by atoms with Crippen LogP contribution in [0.25, 0.3) is 0 Å². The summed E-state index contributed by atoms with van der Waals surface area (Å²) in [5.41, 5.74) is 0. The summed E-state index contributed by atoms with van der Waals surface area (Å²) in [7, 11) is 0. The van der Waals surface area contributed by atoms with Crippen molar-refractivity contribution in [1.82, 2.24) is 4.90 Å². The molecule has 0 saturated heterocycles. The zero-order valence-corrected chi connectivity index (χ0v) is 15.1. The monoisotopic (exact) mass is 343 g/mol. The minimum Gasteiger partial charge on any atom is -0.481 e. The van der Waals surface area contributed by atoms with Gasteiger partial charge in [-0.1, -0.05) is 58.3 Å². The molecule has 24 heavy (non-hydrogen) atoms. The second-order valence-corrected chi connectivity index (χ2v) is 6.32. The summed E-state index contributed by atoms with van der Waals surface area (Å²) in [5.74, 6) is -2.41. The number of unbranched alkanes of at least 4 members (excludes halogenated alkanes) is 8. The van der Waals surface area contributed by atoms with Gasteiger partial charge in [0.1, 0.15) is 6.04 Å². The van der Waals surface area contributed by atoms with Crippen LogP contribution < -0.4 is 0 Å². The summed E-state index contributed by atoms with van der Waals surface area (Å²) >= 11 is 0. The quantitative estimate of drug-likeness (QED) is 0.442. The van der Waals surface area contributed by atoms with Gasteiger partial charge in [0.15, 0.2) is 0 Å². The van der Waals surface area contributed by atoms with Gasteiger partial charge >= 0.3 is 11.9 Å². The Balaban J connectivity index is 4.01. The molecule has 0 aliphatic carbocycles. The predicted molar refractivity (Wildman–Crippen MR) is 92.9 cm³/mol. The SMILES string of the molecule is CCCCCCCCCCCC(=O)N(CCC(=O)O)[C@@H](C)C(=O)O. The van der Waals surface area contributed by atoms with Crippen molar-refractivity contribution in [3.05, 3.63) is 0 Å². The average Bonchev–Trinajstić information content (AvgIpc) is 2.52. The Morgan fingerprint density at radius 1 is 0.833 bits per heavy atom. The van der Waals surface area contributed by atoms with Crippen molar-refractivity contribution in [1.29, 1.82) is 0 Å². The topological polar surface area (TPSA) is 94.9 Å². The summed E-state index contributed by atoms with van der Waals surface area (Å²) < 4.78 is 0. The molecule has 1 atom stereocenters. The van der Waals surface area contributed by atoms with Gasteiger partial charge in [-0.15, -0.1) is 0 Å². The third kappa shape index (κ3) is 11.0. The minimum atomic E-state index is -1.11. The molecule has 0 aromatic rings. The molecule has 6 nitrogen and oxygen atoms in total. The van der Waals surface area contributed by atoms with E-state index in [1.807, 2.05) is 0 Å². The molecule has 0 aromatic heterocycles. The van der Waals surface area contributed by atoms with Crippen LogP contribution in [0.15, 0.2) is 0 Å². The van der Waals surface area contributed by atoms with Gasteiger partial charge in [-0.2, -0.15) is 0 Å². The highest BCUT2D eigenvalue weighted by Crippen LogP contribution is 2.12. The van der Waals surface area contributed by atoms with Crippen LogP contribution >= 0.6 is 0 Å². The van der Waals surface area contributed by atoms with Gasteiger partial charge in [0.2, 0.25) is 5.91 Å². The third-order valence-electron chi connectivity index (χ3n) is 4.21. The van der Waals surface area contributed by atoms with Crippen molar-refractivity contribution in [2.24, 2.45) is 0 Å². The Morgan fingerprint density at radius 2 is 1.33 bits per heavy atom. The van der Waals surface area contributed by atoms with E-state index in [1.54, 1.807) is 0 Å². The van der Waals surface area contributed by atoms with Gasteiger partial charge in [0.05, 0.1) is 6.42 Å². The Labute approximate surface area is 145 Å². The Morgan fingerprint density at radius 3 is 1.79 bits per heavy atom. The normalized spacial score (nSPS) is 11.9. The minimum absolute atomic E-state index is 0.0565. The number of nitrogens with zero attached hydrogens (tertiary/aromatic N) is 1. The molecule has 0 spiro atoms. The van der Waals surface area contributed by atoms with Crippen LogP contribution in [-0.4, -0.2) is 45.5 Å². The first-order valence-corrected chi connectivity index (χ1v) is 9.14. The summed E-state index contributed by atoms with van der Waals surface area (Å²) in [6.45, 7) is 3.55. The van der Waals surface area contributed by atoms with E-state index < -0.39 is 18.0 Å². The first-order chi connectivity index (χ1) is 11.4. The number of carboxylic acid groups (broad SMARTS) is 2.